The molecule has 0 unspecified atom stereocenters. The summed E-state index contributed by atoms with van der Waals surface area (Å²) in [6.07, 6.45) is 0. The van der Waals surface area contributed by atoms with E-state index in [1.807, 2.05) is 13.0 Å². The molecule has 0 aliphatic rings. The van der Waals surface area contributed by atoms with Gasteiger partial charge in [0, 0.05) is 0 Å². The van der Waals surface area contributed by atoms with Crippen molar-refractivity contribution in [1.29, 1.82) is 0 Å². The number of para-hydroxylation sites is 1. The maximum atomic E-state index is 5.71. The monoisotopic (exact) mass is 167 g/mol. The molecule has 1 aromatic rings. The second-order valence-electron chi connectivity index (χ2n) is 2.29. The summed E-state index contributed by atoms with van der Waals surface area (Å²) in [6.45, 7) is 2.50. The molecule has 0 aromatic heterocycles. The lowest BCUT2D eigenvalue weighted by Gasteiger charge is -2.09. The van der Waals surface area contributed by atoms with Crippen LogP contribution in [-0.2, 0) is 0 Å². The Bertz CT molecular complexity index is 262. The molecule has 4 heteroatoms. The molecule has 66 valence electrons. The third-order valence-corrected chi connectivity index (χ3v) is 1.52. The van der Waals surface area contributed by atoms with Gasteiger partial charge < -0.3 is 15.9 Å². The highest BCUT2D eigenvalue weighted by Crippen LogP contribution is 2.28. The van der Waals surface area contributed by atoms with Gasteiger partial charge >= 0.3 is 0 Å². The Balaban J connectivity index is 2.97. The zero-order chi connectivity index (χ0) is 8.97. The number of ether oxygens (including phenoxy) is 1. The van der Waals surface area contributed by atoms with E-state index < -0.39 is 0 Å². The number of benzene rings is 1. The van der Waals surface area contributed by atoms with Crippen LogP contribution in [0.5, 0.6) is 5.75 Å². The molecule has 0 aliphatic carbocycles. The molecule has 0 bridgehead atoms. The molecule has 0 radical (unpaired) electrons. The minimum absolute atomic E-state index is 0.543. The van der Waals surface area contributed by atoms with Crippen molar-refractivity contribution in [3.8, 4) is 5.75 Å². The summed E-state index contributed by atoms with van der Waals surface area (Å²) in [5, 5.41) is 0. The van der Waals surface area contributed by atoms with Crippen LogP contribution < -0.4 is 21.7 Å². The maximum Gasteiger partial charge on any atom is 0.144 e. The number of nitrogen functional groups attached to an aromatic ring is 2. The van der Waals surface area contributed by atoms with Crippen LogP contribution in [0.15, 0.2) is 18.2 Å². The van der Waals surface area contributed by atoms with Gasteiger partial charge in [0.25, 0.3) is 0 Å². The van der Waals surface area contributed by atoms with Gasteiger partial charge in [-0.2, -0.15) is 0 Å². The lowest BCUT2D eigenvalue weighted by Crippen LogP contribution is -2.09. The molecule has 0 aliphatic heterocycles. The molecule has 0 saturated heterocycles. The summed E-state index contributed by atoms with van der Waals surface area (Å²) < 4.78 is 5.26. The third-order valence-electron chi connectivity index (χ3n) is 1.52. The number of nitrogens with two attached hydrogens (primary N) is 2. The van der Waals surface area contributed by atoms with Crippen LogP contribution in [0.1, 0.15) is 6.92 Å². The number of hydrogen-bond donors (Lipinski definition) is 3. The molecule has 0 atom stereocenters. The van der Waals surface area contributed by atoms with E-state index in [4.69, 9.17) is 16.3 Å². The highest BCUT2D eigenvalue weighted by Gasteiger charge is 2.02. The van der Waals surface area contributed by atoms with Gasteiger partial charge in [-0.1, -0.05) is 6.07 Å². The van der Waals surface area contributed by atoms with Crippen LogP contribution >= 0.6 is 0 Å². The Hall–Kier alpha value is -1.42. The van der Waals surface area contributed by atoms with Crippen molar-refractivity contribution in [2.45, 2.75) is 6.92 Å². The van der Waals surface area contributed by atoms with Gasteiger partial charge in [-0.05, 0) is 19.1 Å². The fraction of sp³-hybridized carbons (Fsp3) is 0.250. The maximum absolute atomic E-state index is 5.71. The van der Waals surface area contributed by atoms with Crippen molar-refractivity contribution in [2.75, 3.05) is 17.8 Å². The normalized spacial score (nSPS) is 9.50. The average Bonchev–Trinajstić information content (AvgIpc) is 2.09. The Kier molecular flexibility index (Phi) is 2.76. The highest BCUT2D eigenvalue weighted by atomic mass is 16.5. The Labute approximate surface area is 71.5 Å². The third kappa shape index (κ3) is 1.60. The van der Waals surface area contributed by atoms with Crippen molar-refractivity contribution in [3.63, 3.8) is 0 Å². The quantitative estimate of drug-likeness (QED) is 0.356. The van der Waals surface area contributed by atoms with Gasteiger partial charge in [-0.25, -0.2) is 0 Å². The molecule has 1 rings (SSSR count). The summed E-state index contributed by atoms with van der Waals surface area (Å²) >= 11 is 0. The van der Waals surface area contributed by atoms with Crippen LogP contribution in [0, 0.1) is 0 Å². The molecule has 0 spiro atoms. The average molecular weight is 167 g/mol. The van der Waals surface area contributed by atoms with Crippen molar-refractivity contribution in [3.05, 3.63) is 18.2 Å². The summed E-state index contributed by atoms with van der Waals surface area (Å²) in [6, 6.07) is 5.42. The molecular weight excluding hydrogens is 154 g/mol. The molecule has 0 heterocycles. The summed E-state index contributed by atoms with van der Waals surface area (Å²) in [5.74, 6) is 5.89. The first-order valence-electron chi connectivity index (χ1n) is 3.77. The van der Waals surface area contributed by atoms with Crippen molar-refractivity contribution >= 4 is 11.4 Å². The van der Waals surface area contributed by atoms with E-state index in [-0.39, 0.29) is 0 Å². The van der Waals surface area contributed by atoms with Gasteiger partial charge in [0.15, 0.2) is 0 Å². The van der Waals surface area contributed by atoms with Crippen molar-refractivity contribution < 1.29 is 4.74 Å². The summed E-state index contributed by atoms with van der Waals surface area (Å²) in [7, 11) is 0. The van der Waals surface area contributed by atoms with Gasteiger partial charge in [0.05, 0.1) is 18.0 Å². The SMILES string of the molecule is CCOc1cccc(NN)c1N. The molecule has 4 nitrogen and oxygen atoms in total. The standard InChI is InChI=1S/C8H13N3O/c1-2-12-7-5-3-4-6(11-10)8(7)9/h3-5,11H,2,9-10H2,1H3. The Morgan fingerprint density at radius 3 is 2.83 bits per heavy atom. The van der Waals surface area contributed by atoms with Gasteiger partial charge in [-0.15, -0.1) is 0 Å². The zero-order valence-electron chi connectivity index (χ0n) is 7.00. The number of hydrogen-bond acceptors (Lipinski definition) is 4. The van der Waals surface area contributed by atoms with Gasteiger partial charge in [0.1, 0.15) is 5.75 Å². The van der Waals surface area contributed by atoms with Gasteiger partial charge in [-0.3, -0.25) is 5.84 Å². The van der Waals surface area contributed by atoms with Crippen LogP contribution in [0.25, 0.3) is 0 Å². The van der Waals surface area contributed by atoms with E-state index in [0.717, 1.165) is 0 Å². The van der Waals surface area contributed by atoms with E-state index in [0.29, 0.717) is 23.7 Å². The minimum Gasteiger partial charge on any atom is -0.492 e. The lowest BCUT2D eigenvalue weighted by molar-refractivity contribution is 0.342. The Morgan fingerprint density at radius 2 is 2.25 bits per heavy atom. The molecule has 0 saturated carbocycles. The molecular formula is C8H13N3O. The topological polar surface area (TPSA) is 73.3 Å². The van der Waals surface area contributed by atoms with E-state index in [9.17, 15) is 0 Å². The molecule has 5 N–H and O–H groups in total. The minimum atomic E-state index is 0.543. The molecule has 0 fully saturated rings. The molecule has 0 amide bonds. The molecule has 1 aromatic carbocycles. The van der Waals surface area contributed by atoms with E-state index >= 15 is 0 Å². The van der Waals surface area contributed by atoms with Crippen LogP contribution in [-0.4, -0.2) is 6.61 Å². The fourth-order valence-corrected chi connectivity index (χ4v) is 0.951. The van der Waals surface area contributed by atoms with Crippen LogP contribution in [0.3, 0.4) is 0 Å². The van der Waals surface area contributed by atoms with Crippen molar-refractivity contribution in [1.82, 2.24) is 0 Å². The second-order valence-corrected chi connectivity index (χ2v) is 2.29. The number of rotatable bonds is 3. The fourth-order valence-electron chi connectivity index (χ4n) is 0.951. The smallest absolute Gasteiger partial charge is 0.144 e. The highest BCUT2D eigenvalue weighted by molar-refractivity contribution is 5.72. The number of nitrogens with one attached hydrogen (secondary N) is 1. The van der Waals surface area contributed by atoms with E-state index in [1.54, 1.807) is 12.1 Å². The van der Waals surface area contributed by atoms with Gasteiger partial charge in [0.2, 0.25) is 0 Å². The summed E-state index contributed by atoms with van der Waals surface area (Å²) in [4.78, 5) is 0. The lowest BCUT2D eigenvalue weighted by atomic mass is 10.2. The van der Waals surface area contributed by atoms with Crippen LogP contribution in [0.4, 0.5) is 11.4 Å². The van der Waals surface area contributed by atoms with E-state index in [2.05, 4.69) is 5.43 Å². The van der Waals surface area contributed by atoms with Crippen LogP contribution in [0.2, 0.25) is 0 Å². The van der Waals surface area contributed by atoms with Crippen molar-refractivity contribution in [2.24, 2.45) is 5.84 Å². The predicted molar refractivity (Wildman–Crippen MR) is 49.8 cm³/mol. The second kappa shape index (κ2) is 3.82. The summed E-state index contributed by atoms with van der Waals surface area (Å²) in [5.41, 5.74) is 9.43. The largest absolute Gasteiger partial charge is 0.492 e. The number of anilines is 2. The first-order chi connectivity index (χ1) is 5.79. The first kappa shape index (κ1) is 8.67. The molecule has 12 heavy (non-hydrogen) atoms. The first-order valence-corrected chi connectivity index (χ1v) is 3.77. The van der Waals surface area contributed by atoms with E-state index in [1.165, 1.54) is 0 Å². The Morgan fingerprint density at radius 1 is 1.50 bits per heavy atom. The number of hydrazine groups is 1. The zero-order valence-corrected chi connectivity index (χ0v) is 7.00. The predicted octanol–water partition coefficient (Wildman–Crippen LogP) is 0.953.